The Kier molecular flexibility index (Phi) is 18.7. The molecule has 9 heteroatoms. The highest BCUT2D eigenvalue weighted by Gasteiger charge is 2.04. The number of carbonyl (C=O) groups is 2. The van der Waals surface area contributed by atoms with E-state index in [2.05, 4.69) is 0 Å². The van der Waals surface area contributed by atoms with Crippen LogP contribution in [0, 0.1) is 0 Å². The van der Waals surface area contributed by atoms with Gasteiger partial charge in [0.25, 0.3) is 0 Å². The molecule has 0 saturated heterocycles. The molecule has 0 atom stereocenters. The van der Waals surface area contributed by atoms with Crippen LogP contribution in [0.15, 0.2) is 0 Å². The molecule has 0 aromatic heterocycles. The van der Waals surface area contributed by atoms with Gasteiger partial charge in [0.15, 0.2) is 0 Å². The maximum atomic E-state index is 11.3. The number of hydrogen-bond donors (Lipinski definition) is 1. The summed E-state index contributed by atoms with van der Waals surface area (Å²) in [7, 11) is 0. The third kappa shape index (κ3) is 21.0. The molecule has 0 unspecified atom stereocenters. The van der Waals surface area contributed by atoms with Gasteiger partial charge in [-0.25, -0.2) is 0 Å². The van der Waals surface area contributed by atoms with Crippen molar-refractivity contribution in [3.05, 3.63) is 0 Å². The number of hydrogen-bond acceptors (Lipinski definition) is 7. The van der Waals surface area contributed by atoms with E-state index in [4.69, 9.17) is 40.4 Å². The van der Waals surface area contributed by atoms with E-state index in [1.807, 2.05) is 0 Å². The molecule has 0 aromatic rings. The topological polar surface area (TPSA) is 101 Å². The van der Waals surface area contributed by atoms with Crippen molar-refractivity contribution in [2.75, 3.05) is 65.3 Å². The average Bonchev–Trinajstić information content (AvgIpc) is 2.59. The molecule has 8 nitrogen and oxygen atoms in total. The summed E-state index contributed by atoms with van der Waals surface area (Å²) in [5.74, 6) is -0.709. The summed E-state index contributed by atoms with van der Waals surface area (Å²) in [4.78, 5) is 21.6. The van der Waals surface area contributed by atoms with Gasteiger partial charge >= 0.3 is 11.9 Å². The number of aliphatic carboxylic acids is 1. The number of halogens is 1. The largest absolute Gasteiger partial charge is 0.481 e. The summed E-state index contributed by atoms with van der Waals surface area (Å²) in [6, 6.07) is 0. The van der Waals surface area contributed by atoms with Gasteiger partial charge in [-0.2, -0.15) is 0 Å². The highest BCUT2D eigenvalue weighted by Crippen LogP contribution is 2.01. The summed E-state index contributed by atoms with van der Waals surface area (Å²) in [6.45, 7) is 3.87. The molecule has 1 N–H and O–H groups in total. The third-order valence-corrected chi connectivity index (χ3v) is 3.00. The molecular formula is C16H29ClO8. The molecule has 0 rings (SSSR count). The molecule has 0 saturated carbocycles. The lowest BCUT2D eigenvalue weighted by Crippen LogP contribution is -2.14. The Bertz CT molecular complexity index is 327. The fourth-order valence-corrected chi connectivity index (χ4v) is 1.76. The fourth-order valence-electron chi connectivity index (χ4n) is 1.65. The molecule has 0 aliphatic rings. The number of carboxylic acid groups (broad SMARTS) is 1. The average molecular weight is 385 g/mol. The van der Waals surface area contributed by atoms with Crippen LogP contribution in [0.1, 0.15) is 25.7 Å². The monoisotopic (exact) mass is 384 g/mol. The lowest BCUT2D eigenvalue weighted by atomic mass is 10.2. The van der Waals surface area contributed by atoms with Crippen molar-refractivity contribution in [3.8, 4) is 0 Å². The van der Waals surface area contributed by atoms with E-state index in [1.54, 1.807) is 0 Å². The van der Waals surface area contributed by atoms with Gasteiger partial charge in [-0.1, -0.05) is 0 Å². The van der Waals surface area contributed by atoms with Crippen LogP contribution in [0.5, 0.6) is 0 Å². The van der Waals surface area contributed by atoms with Crippen molar-refractivity contribution >= 4 is 23.5 Å². The first-order chi connectivity index (χ1) is 12.2. The SMILES string of the molecule is O=C(O)CCCCC(=O)OCCOCCOCCOCCOCCCl. The zero-order valence-corrected chi connectivity index (χ0v) is 15.3. The number of esters is 1. The molecule has 0 radical (unpaired) electrons. The first-order valence-electron chi connectivity index (χ1n) is 8.41. The van der Waals surface area contributed by atoms with Crippen LogP contribution in [0.4, 0.5) is 0 Å². The van der Waals surface area contributed by atoms with Crippen LogP contribution < -0.4 is 0 Å². The molecule has 0 heterocycles. The van der Waals surface area contributed by atoms with Crippen molar-refractivity contribution < 1.29 is 38.4 Å². The van der Waals surface area contributed by atoms with Crippen LogP contribution in [0.25, 0.3) is 0 Å². The predicted octanol–water partition coefficient (Wildman–Crippen LogP) is 1.48. The summed E-state index contributed by atoms with van der Waals surface area (Å²) in [5, 5.41) is 8.46. The zero-order chi connectivity index (χ0) is 18.6. The summed E-state index contributed by atoms with van der Waals surface area (Å²) in [6.07, 6.45) is 1.29. The van der Waals surface area contributed by atoms with E-state index in [-0.39, 0.29) is 25.4 Å². The number of alkyl halides is 1. The molecule has 148 valence electrons. The van der Waals surface area contributed by atoms with Crippen LogP contribution in [-0.4, -0.2) is 82.4 Å². The highest BCUT2D eigenvalue weighted by atomic mass is 35.5. The van der Waals surface area contributed by atoms with Crippen molar-refractivity contribution in [2.24, 2.45) is 0 Å². The second-order valence-electron chi connectivity index (χ2n) is 4.96. The summed E-state index contributed by atoms with van der Waals surface area (Å²) >= 11 is 5.45. The number of carbonyl (C=O) groups excluding carboxylic acids is 1. The number of rotatable bonds is 19. The predicted molar refractivity (Wildman–Crippen MR) is 91.1 cm³/mol. The molecule has 0 spiro atoms. The first kappa shape index (κ1) is 24.1. The van der Waals surface area contributed by atoms with Crippen molar-refractivity contribution in [1.82, 2.24) is 0 Å². The number of unbranched alkanes of at least 4 members (excludes halogenated alkanes) is 1. The van der Waals surface area contributed by atoms with Gasteiger partial charge < -0.3 is 28.8 Å². The Balaban J connectivity index is 3.13. The molecule has 25 heavy (non-hydrogen) atoms. The Morgan fingerprint density at radius 2 is 1.12 bits per heavy atom. The van der Waals surface area contributed by atoms with Gasteiger partial charge in [-0.3, -0.25) is 9.59 Å². The Labute approximate surface area is 153 Å². The fraction of sp³-hybridized carbons (Fsp3) is 0.875. The Morgan fingerprint density at radius 3 is 1.60 bits per heavy atom. The quantitative estimate of drug-likeness (QED) is 0.203. The lowest BCUT2D eigenvalue weighted by Gasteiger charge is -2.07. The van der Waals surface area contributed by atoms with Gasteiger partial charge in [0.2, 0.25) is 0 Å². The van der Waals surface area contributed by atoms with Crippen LogP contribution in [0.3, 0.4) is 0 Å². The summed E-state index contributed by atoms with van der Waals surface area (Å²) < 4.78 is 25.9. The second kappa shape index (κ2) is 19.4. The van der Waals surface area contributed by atoms with E-state index in [0.717, 1.165) is 0 Å². The van der Waals surface area contributed by atoms with Gasteiger partial charge in [0.1, 0.15) is 6.61 Å². The van der Waals surface area contributed by atoms with Crippen molar-refractivity contribution in [1.29, 1.82) is 0 Å². The third-order valence-electron chi connectivity index (χ3n) is 2.85. The lowest BCUT2D eigenvalue weighted by molar-refractivity contribution is -0.146. The molecule has 0 aliphatic carbocycles. The summed E-state index contributed by atoms with van der Waals surface area (Å²) in [5.41, 5.74) is 0. The van der Waals surface area contributed by atoms with E-state index in [1.165, 1.54) is 0 Å². The first-order valence-corrected chi connectivity index (χ1v) is 8.94. The molecule has 0 amide bonds. The highest BCUT2D eigenvalue weighted by molar-refractivity contribution is 6.17. The van der Waals surface area contributed by atoms with Gasteiger partial charge in [0.05, 0.1) is 52.9 Å². The molecule has 0 fully saturated rings. The standard InChI is InChI=1S/C16H29ClO8/c17-5-6-21-7-8-22-9-10-23-11-12-24-13-14-25-16(20)4-2-1-3-15(18)19/h1-14H2,(H,18,19). The van der Waals surface area contributed by atoms with E-state index < -0.39 is 5.97 Å². The minimum Gasteiger partial charge on any atom is -0.481 e. The maximum Gasteiger partial charge on any atom is 0.305 e. The van der Waals surface area contributed by atoms with Gasteiger partial charge in [0, 0.05) is 18.7 Å². The van der Waals surface area contributed by atoms with Crippen LogP contribution in [-0.2, 0) is 33.3 Å². The second-order valence-corrected chi connectivity index (χ2v) is 5.34. The van der Waals surface area contributed by atoms with Crippen molar-refractivity contribution in [3.63, 3.8) is 0 Å². The van der Waals surface area contributed by atoms with Gasteiger partial charge in [-0.05, 0) is 12.8 Å². The molecule has 0 aromatic carbocycles. The molecule has 0 aliphatic heterocycles. The zero-order valence-electron chi connectivity index (χ0n) is 14.6. The minimum absolute atomic E-state index is 0.0727. The van der Waals surface area contributed by atoms with Crippen LogP contribution >= 0.6 is 11.6 Å². The molecule has 0 bridgehead atoms. The minimum atomic E-state index is -0.855. The van der Waals surface area contributed by atoms with E-state index in [9.17, 15) is 9.59 Å². The smallest absolute Gasteiger partial charge is 0.305 e. The van der Waals surface area contributed by atoms with E-state index >= 15 is 0 Å². The van der Waals surface area contributed by atoms with E-state index in [0.29, 0.717) is 71.6 Å². The van der Waals surface area contributed by atoms with Crippen LogP contribution in [0.2, 0.25) is 0 Å². The normalized spacial score (nSPS) is 10.8. The van der Waals surface area contributed by atoms with Gasteiger partial charge in [-0.15, -0.1) is 11.6 Å². The number of ether oxygens (including phenoxy) is 5. The maximum absolute atomic E-state index is 11.3. The Morgan fingerprint density at radius 1 is 0.680 bits per heavy atom. The Hall–Kier alpha value is -0.930. The number of carboxylic acids is 1. The molecular weight excluding hydrogens is 356 g/mol. The van der Waals surface area contributed by atoms with Crippen molar-refractivity contribution in [2.45, 2.75) is 25.7 Å².